The van der Waals surface area contributed by atoms with E-state index in [0.29, 0.717) is 24.0 Å². The van der Waals surface area contributed by atoms with Gasteiger partial charge in [-0.05, 0) is 12.6 Å². The average molecular weight is 237 g/mol. The van der Waals surface area contributed by atoms with Gasteiger partial charge in [-0.15, -0.1) is 0 Å². The minimum absolute atomic E-state index is 0.298. The van der Waals surface area contributed by atoms with Gasteiger partial charge in [0.05, 0.1) is 18.8 Å². The number of furan rings is 1. The number of hydrogen-bond donors (Lipinski definition) is 1. The lowest BCUT2D eigenvalue weighted by molar-refractivity contribution is -0.401. The van der Waals surface area contributed by atoms with Gasteiger partial charge in [-0.2, -0.15) is 0 Å². The Morgan fingerprint density at radius 1 is 1.41 bits per heavy atom. The van der Waals surface area contributed by atoms with Gasteiger partial charge >= 0.3 is 5.88 Å². The molecule has 0 fully saturated rings. The molecule has 7 heteroatoms. The second-order valence-corrected chi connectivity index (χ2v) is 3.29. The SMILES string of the molecule is CCNCc1ncc(-c2ccc([N+](=O)[O-])o2)o1. The monoisotopic (exact) mass is 237 g/mol. The highest BCUT2D eigenvalue weighted by molar-refractivity contribution is 5.50. The van der Waals surface area contributed by atoms with E-state index < -0.39 is 4.92 Å². The summed E-state index contributed by atoms with van der Waals surface area (Å²) in [6.45, 7) is 3.29. The van der Waals surface area contributed by atoms with Crippen LogP contribution in [0.2, 0.25) is 0 Å². The Balaban J connectivity index is 2.15. The van der Waals surface area contributed by atoms with E-state index in [1.807, 2.05) is 6.92 Å². The summed E-state index contributed by atoms with van der Waals surface area (Å²) >= 11 is 0. The van der Waals surface area contributed by atoms with Crippen LogP contribution in [0.15, 0.2) is 27.2 Å². The molecular formula is C10H11N3O4. The average Bonchev–Trinajstić information content (AvgIpc) is 2.94. The van der Waals surface area contributed by atoms with Gasteiger partial charge in [0.1, 0.15) is 4.92 Å². The number of nitrogens with one attached hydrogen (secondary N) is 1. The Hall–Kier alpha value is -2.15. The fraction of sp³-hybridized carbons (Fsp3) is 0.300. The van der Waals surface area contributed by atoms with E-state index in [4.69, 9.17) is 8.83 Å². The summed E-state index contributed by atoms with van der Waals surface area (Å²) in [5.41, 5.74) is 0. The zero-order valence-electron chi connectivity index (χ0n) is 9.17. The first-order valence-electron chi connectivity index (χ1n) is 5.10. The Labute approximate surface area is 96.6 Å². The standard InChI is InChI=1S/C10H11N3O4/c1-2-11-6-9-12-5-8(16-9)7-3-4-10(17-7)13(14)15/h3-5,11H,2,6H2,1H3. The summed E-state index contributed by atoms with van der Waals surface area (Å²) < 4.78 is 10.4. The van der Waals surface area contributed by atoms with Crippen molar-refractivity contribution in [2.45, 2.75) is 13.5 Å². The quantitative estimate of drug-likeness (QED) is 0.630. The smallest absolute Gasteiger partial charge is 0.433 e. The van der Waals surface area contributed by atoms with Crippen molar-refractivity contribution in [3.05, 3.63) is 34.3 Å². The number of nitrogens with zero attached hydrogens (tertiary/aromatic N) is 2. The fourth-order valence-electron chi connectivity index (χ4n) is 1.30. The normalized spacial score (nSPS) is 10.6. The lowest BCUT2D eigenvalue weighted by Crippen LogP contribution is -2.11. The van der Waals surface area contributed by atoms with Crippen molar-refractivity contribution >= 4 is 5.88 Å². The molecule has 0 spiro atoms. The van der Waals surface area contributed by atoms with Gasteiger partial charge in [-0.3, -0.25) is 10.1 Å². The molecule has 0 aliphatic heterocycles. The van der Waals surface area contributed by atoms with Crippen molar-refractivity contribution in [1.29, 1.82) is 0 Å². The molecule has 2 heterocycles. The molecule has 0 aliphatic rings. The molecule has 0 atom stereocenters. The minimum atomic E-state index is -0.598. The molecule has 0 bridgehead atoms. The molecule has 0 unspecified atom stereocenters. The van der Waals surface area contributed by atoms with Crippen LogP contribution in [0.1, 0.15) is 12.8 Å². The highest BCUT2D eigenvalue weighted by Crippen LogP contribution is 2.26. The topological polar surface area (TPSA) is 94.3 Å². The van der Waals surface area contributed by atoms with Crippen molar-refractivity contribution in [3.63, 3.8) is 0 Å². The third kappa shape index (κ3) is 2.51. The fourth-order valence-corrected chi connectivity index (χ4v) is 1.30. The Morgan fingerprint density at radius 3 is 2.88 bits per heavy atom. The van der Waals surface area contributed by atoms with Crippen LogP contribution in [0.4, 0.5) is 5.88 Å². The maximum absolute atomic E-state index is 10.4. The van der Waals surface area contributed by atoms with Crippen molar-refractivity contribution in [2.24, 2.45) is 0 Å². The van der Waals surface area contributed by atoms with Gasteiger partial charge in [-0.25, -0.2) is 4.98 Å². The Bertz CT molecular complexity index is 517. The van der Waals surface area contributed by atoms with Gasteiger partial charge in [-0.1, -0.05) is 6.92 Å². The molecule has 0 aliphatic carbocycles. The van der Waals surface area contributed by atoms with Crippen LogP contribution in [0.3, 0.4) is 0 Å². The molecule has 0 aromatic carbocycles. The lowest BCUT2D eigenvalue weighted by Gasteiger charge is -1.94. The molecule has 90 valence electrons. The van der Waals surface area contributed by atoms with Crippen molar-refractivity contribution < 1.29 is 13.8 Å². The van der Waals surface area contributed by atoms with Crippen molar-refractivity contribution in [2.75, 3.05) is 6.54 Å². The van der Waals surface area contributed by atoms with E-state index in [9.17, 15) is 10.1 Å². The van der Waals surface area contributed by atoms with E-state index in [1.54, 1.807) is 0 Å². The second kappa shape index (κ2) is 4.79. The van der Waals surface area contributed by atoms with Crippen LogP contribution >= 0.6 is 0 Å². The number of rotatable bonds is 5. The molecule has 17 heavy (non-hydrogen) atoms. The van der Waals surface area contributed by atoms with Crippen LogP contribution in [-0.4, -0.2) is 16.5 Å². The van der Waals surface area contributed by atoms with Gasteiger partial charge in [0.15, 0.2) is 11.5 Å². The summed E-state index contributed by atoms with van der Waals surface area (Å²) in [7, 11) is 0. The summed E-state index contributed by atoms with van der Waals surface area (Å²) in [6.07, 6.45) is 1.48. The zero-order chi connectivity index (χ0) is 12.3. The van der Waals surface area contributed by atoms with E-state index in [2.05, 4.69) is 10.3 Å². The van der Waals surface area contributed by atoms with Crippen molar-refractivity contribution in [3.8, 4) is 11.5 Å². The minimum Gasteiger partial charge on any atom is -0.436 e. The molecule has 2 aromatic rings. The molecule has 2 rings (SSSR count). The maximum atomic E-state index is 10.4. The van der Waals surface area contributed by atoms with Gasteiger partial charge in [0, 0.05) is 0 Å². The van der Waals surface area contributed by atoms with Crippen LogP contribution in [0, 0.1) is 10.1 Å². The van der Waals surface area contributed by atoms with Crippen LogP contribution in [0.25, 0.3) is 11.5 Å². The highest BCUT2D eigenvalue weighted by Gasteiger charge is 2.16. The van der Waals surface area contributed by atoms with Crippen LogP contribution < -0.4 is 5.32 Å². The van der Waals surface area contributed by atoms with Gasteiger partial charge < -0.3 is 14.2 Å². The highest BCUT2D eigenvalue weighted by atomic mass is 16.6. The molecule has 0 saturated heterocycles. The molecular weight excluding hydrogens is 226 g/mol. The first kappa shape index (κ1) is 11.3. The number of oxazole rings is 1. The third-order valence-corrected chi connectivity index (χ3v) is 2.09. The molecule has 1 N–H and O–H groups in total. The molecule has 0 amide bonds. The molecule has 2 aromatic heterocycles. The van der Waals surface area contributed by atoms with Gasteiger partial charge in [0.25, 0.3) is 0 Å². The molecule has 7 nitrogen and oxygen atoms in total. The molecule has 0 radical (unpaired) electrons. The van der Waals surface area contributed by atoms with E-state index in [1.165, 1.54) is 18.3 Å². The Morgan fingerprint density at radius 2 is 2.24 bits per heavy atom. The zero-order valence-corrected chi connectivity index (χ0v) is 9.17. The number of nitro groups is 1. The predicted molar refractivity (Wildman–Crippen MR) is 58.2 cm³/mol. The second-order valence-electron chi connectivity index (χ2n) is 3.29. The first-order chi connectivity index (χ1) is 8.20. The number of hydrogen-bond acceptors (Lipinski definition) is 6. The first-order valence-corrected chi connectivity index (χ1v) is 5.10. The van der Waals surface area contributed by atoms with Gasteiger partial charge in [0.2, 0.25) is 5.89 Å². The lowest BCUT2D eigenvalue weighted by atomic mass is 10.4. The summed E-state index contributed by atoms with van der Waals surface area (Å²) in [5.74, 6) is 0.878. The largest absolute Gasteiger partial charge is 0.436 e. The Kier molecular flexibility index (Phi) is 3.20. The summed E-state index contributed by atoms with van der Waals surface area (Å²) in [6, 6.07) is 2.76. The number of aromatic nitrogens is 1. The van der Waals surface area contributed by atoms with E-state index >= 15 is 0 Å². The van der Waals surface area contributed by atoms with E-state index in [-0.39, 0.29) is 5.88 Å². The van der Waals surface area contributed by atoms with Crippen molar-refractivity contribution in [1.82, 2.24) is 10.3 Å². The molecule has 0 saturated carbocycles. The maximum Gasteiger partial charge on any atom is 0.433 e. The van der Waals surface area contributed by atoms with Crippen LogP contribution in [-0.2, 0) is 6.54 Å². The summed E-state index contributed by atoms with van der Waals surface area (Å²) in [5, 5.41) is 13.5. The van der Waals surface area contributed by atoms with E-state index in [0.717, 1.165) is 6.54 Å². The predicted octanol–water partition coefficient (Wildman–Crippen LogP) is 1.95. The third-order valence-electron chi connectivity index (χ3n) is 2.09. The van der Waals surface area contributed by atoms with Crippen LogP contribution in [0.5, 0.6) is 0 Å². The summed E-state index contributed by atoms with van der Waals surface area (Å²) in [4.78, 5) is 13.9.